The Morgan fingerprint density at radius 3 is 2.53 bits per heavy atom. The van der Waals surface area contributed by atoms with Crippen molar-refractivity contribution < 1.29 is 4.42 Å². The third kappa shape index (κ3) is 3.42. The van der Waals surface area contributed by atoms with E-state index in [1.54, 1.807) is 0 Å². The molecule has 0 saturated carbocycles. The van der Waals surface area contributed by atoms with Gasteiger partial charge < -0.3 is 14.7 Å². The first-order valence-corrected chi connectivity index (χ1v) is 11.3. The molecule has 7 heteroatoms. The Hall–Kier alpha value is -4.39. The molecule has 1 aliphatic heterocycles. The molecule has 2 aromatic heterocycles. The summed E-state index contributed by atoms with van der Waals surface area (Å²) in [6.07, 6.45) is 0. The monoisotopic (exact) mass is 449 g/mol. The van der Waals surface area contributed by atoms with Gasteiger partial charge in [0.25, 0.3) is 5.56 Å². The van der Waals surface area contributed by atoms with Gasteiger partial charge in [-0.3, -0.25) is 10.1 Å². The number of para-hydroxylation sites is 3. The van der Waals surface area contributed by atoms with Gasteiger partial charge in [-0.15, -0.1) is 0 Å². The maximum atomic E-state index is 13.2. The number of anilines is 2. The van der Waals surface area contributed by atoms with Gasteiger partial charge in [0, 0.05) is 5.39 Å². The molecular weight excluding hydrogens is 426 g/mol. The van der Waals surface area contributed by atoms with Gasteiger partial charge in [-0.2, -0.15) is 4.98 Å². The molecule has 0 amide bonds. The van der Waals surface area contributed by atoms with Crippen LogP contribution >= 0.6 is 0 Å². The minimum atomic E-state index is -0.488. The van der Waals surface area contributed by atoms with Gasteiger partial charge in [0.1, 0.15) is 11.6 Å². The number of oxazole rings is 1. The number of aliphatic imine (C=N–C) groups is 1. The zero-order chi connectivity index (χ0) is 23.2. The molecular formula is C27H23N5O2. The molecule has 0 radical (unpaired) electrons. The van der Waals surface area contributed by atoms with E-state index in [1.807, 2.05) is 60.7 Å². The van der Waals surface area contributed by atoms with Gasteiger partial charge in [0.05, 0.1) is 16.8 Å². The molecule has 0 saturated heterocycles. The number of rotatable bonds is 3. The lowest BCUT2D eigenvalue weighted by Gasteiger charge is -2.26. The molecule has 6 rings (SSSR count). The summed E-state index contributed by atoms with van der Waals surface area (Å²) in [5, 5.41) is 7.41. The second kappa shape index (κ2) is 7.88. The highest BCUT2D eigenvalue weighted by Gasteiger charge is 2.28. The quantitative estimate of drug-likeness (QED) is 0.325. The van der Waals surface area contributed by atoms with E-state index in [2.05, 4.69) is 46.6 Å². The average molecular weight is 450 g/mol. The largest absolute Gasteiger partial charge is 0.423 e. The number of benzene rings is 3. The Morgan fingerprint density at radius 1 is 0.971 bits per heavy atom. The maximum absolute atomic E-state index is 13.2. The van der Waals surface area contributed by atoms with Crippen molar-refractivity contribution in [3.05, 3.63) is 99.8 Å². The van der Waals surface area contributed by atoms with Crippen LogP contribution in [-0.4, -0.2) is 15.9 Å². The molecule has 34 heavy (non-hydrogen) atoms. The van der Waals surface area contributed by atoms with E-state index in [-0.39, 0.29) is 5.56 Å². The van der Waals surface area contributed by atoms with Crippen LogP contribution < -0.4 is 16.2 Å². The van der Waals surface area contributed by atoms with Crippen LogP contribution in [0.4, 0.5) is 11.7 Å². The fourth-order valence-electron chi connectivity index (χ4n) is 4.39. The Balaban J connectivity index is 1.49. The molecule has 3 N–H and O–H groups in total. The van der Waals surface area contributed by atoms with Crippen LogP contribution in [-0.2, 0) is 0 Å². The summed E-state index contributed by atoms with van der Waals surface area (Å²) in [4.78, 5) is 25.6. The Bertz CT molecular complexity index is 1580. The van der Waals surface area contributed by atoms with Gasteiger partial charge in [-0.1, -0.05) is 68.4 Å². The predicted octanol–water partition coefficient (Wildman–Crippen LogP) is 5.78. The molecule has 0 aliphatic carbocycles. The lowest BCUT2D eigenvalue weighted by atomic mass is 9.93. The van der Waals surface area contributed by atoms with Crippen LogP contribution in [0.2, 0.25) is 0 Å². The van der Waals surface area contributed by atoms with Crippen LogP contribution in [0.3, 0.4) is 0 Å². The normalized spacial score (nSPS) is 15.3. The third-order valence-electron chi connectivity index (χ3n) is 6.17. The number of fused-ring (bicyclic) bond motifs is 4. The standard InChI is InChI=1S/C27H23N5O2/c1-15(2)16-11-13-17(14-12-16)23-22-24(18-7-3-4-8-19(18)28-25(22)33)31-26(30-23)32-27-29-20-9-5-6-10-21(20)34-27/h3-15,23H,1-2H3,(H,28,33)(H2,29,30,31,32)/t23-/m1/s1. The number of nitrogens with zero attached hydrogens (tertiary/aromatic N) is 2. The maximum Gasteiger partial charge on any atom is 0.302 e. The first-order valence-electron chi connectivity index (χ1n) is 11.3. The molecule has 1 aliphatic rings. The van der Waals surface area contributed by atoms with Crippen molar-refractivity contribution in [2.75, 3.05) is 10.6 Å². The van der Waals surface area contributed by atoms with Crippen LogP contribution in [0.15, 0.2) is 87.0 Å². The molecule has 3 heterocycles. The Morgan fingerprint density at radius 2 is 1.74 bits per heavy atom. The van der Waals surface area contributed by atoms with Gasteiger partial charge in [0.2, 0.25) is 5.96 Å². The second-order valence-corrected chi connectivity index (χ2v) is 8.73. The first kappa shape index (κ1) is 20.2. The van der Waals surface area contributed by atoms with Crippen molar-refractivity contribution in [3.8, 4) is 0 Å². The summed E-state index contributed by atoms with van der Waals surface area (Å²) in [5.74, 6) is 0.884. The van der Waals surface area contributed by atoms with E-state index in [9.17, 15) is 4.79 Å². The zero-order valence-corrected chi connectivity index (χ0v) is 18.8. The van der Waals surface area contributed by atoms with Crippen LogP contribution in [0, 0.1) is 0 Å². The van der Waals surface area contributed by atoms with E-state index >= 15 is 0 Å². The van der Waals surface area contributed by atoms with Crippen molar-refractivity contribution in [1.29, 1.82) is 0 Å². The first-order chi connectivity index (χ1) is 16.6. The number of hydrogen-bond donors (Lipinski definition) is 3. The van der Waals surface area contributed by atoms with Crippen molar-refractivity contribution in [1.82, 2.24) is 9.97 Å². The van der Waals surface area contributed by atoms with Crippen LogP contribution in [0.5, 0.6) is 0 Å². The van der Waals surface area contributed by atoms with Gasteiger partial charge in [0.15, 0.2) is 5.58 Å². The molecule has 168 valence electrons. The van der Waals surface area contributed by atoms with Gasteiger partial charge in [-0.25, -0.2) is 4.99 Å². The number of aromatic amines is 1. The van der Waals surface area contributed by atoms with Crippen molar-refractivity contribution in [2.24, 2.45) is 4.99 Å². The van der Waals surface area contributed by atoms with E-state index in [4.69, 9.17) is 9.41 Å². The minimum Gasteiger partial charge on any atom is -0.423 e. The van der Waals surface area contributed by atoms with E-state index < -0.39 is 6.04 Å². The van der Waals surface area contributed by atoms with Crippen molar-refractivity contribution in [3.63, 3.8) is 0 Å². The lowest BCUT2D eigenvalue weighted by Crippen LogP contribution is -2.32. The number of aromatic nitrogens is 2. The van der Waals surface area contributed by atoms with Crippen molar-refractivity contribution in [2.45, 2.75) is 25.8 Å². The molecule has 3 aromatic carbocycles. The fourth-order valence-corrected chi connectivity index (χ4v) is 4.39. The Labute approximate surface area is 195 Å². The molecule has 0 spiro atoms. The molecule has 7 nitrogen and oxygen atoms in total. The molecule has 0 unspecified atom stereocenters. The highest BCUT2D eigenvalue weighted by molar-refractivity contribution is 6.10. The summed E-state index contributed by atoms with van der Waals surface area (Å²) in [7, 11) is 0. The highest BCUT2D eigenvalue weighted by Crippen LogP contribution is 2.37. The lowest BCUT2D eigenvalue weighted by molar-refractivity contribution is 0.624. The predicted molar refractivity (Wildman–Crippen MR) is 136 cm³/mol. The highest BCUT2D eigenvalue weighted by atomic mass is 16.4. The summed E-state index contributed by atoms with van der Waals surface area (Å²) in [6, 6.07) is 23.4. The molecule has 5 aromatic rings. The topological polar surface area (TPSA) is 95.3 Å². The summed E-state index contributed by atoms with van der Waals surface area (Å²) in [6.45, 7) is 4.32. The number of pyridine rings is 1. The summed E-state index contributed by atoms with van der Waals surface area (Å²) in [5.41, 5.74) is 5.52. The van der Waals surface area contributed by atoms with Gasteiger partial charge in [-0.05, 0) is 35.2 Å². The summed E-state index contributed by atoms with van der Waals surface area (Å²) < 4.78 is 5.84. The SMILES string of the molecule is CC(C)c1ccc([C@H]2N=C(Nc3nc4ccccc4o3)Nc3c2c(=O)[nH]c2ccccc32)cc1. The molecule has 1 atom stereocenters. The molecule has 0 bridgehead atoms. The van der Waals surface area contributed by atoms with Gasteiger partial charge >= 0.3 is 6.01 Å². The minimum absolute atomic E-state index is 0.163. The number of nitrogens with one attached hydrogen (secondary N) is 3. The van der Waals surface area contributed by atoms with Crippen LogP contribution in [0.25, 0.3) is 22.0 Å². The van der Waals surface area contributed by atoms with E-state index in [1.165, 1.54) is 5.56 Å². The number of guanidine groups is 1. The third-order valence-corrected chi connectivity index (χ3v) is 6.17. The number of hydrogen-bond acceptors (Lipinski definition) is 6. The fraction of sp³-hybridized carbons (Fsp3) is 0.148. The Kier molecular flexibility index (Phi) is 4.69. The summed E-state index contributed by atoms with van der Waals surface area (Å²) >= 11 is 0. The smallest absolute Gasteiger partial charge is 0.302 e. The molecule has 0 fully saturated rings. The van der Waals surface area contributed by atoms with E-state index in [0.717, 1.165) is 27.7 Å². The number of H-pyrrole nitrogens is 1. The van der Waals surface area contributed by atoms with E-state index in [0.29, 0.717) is 29.0 Å². The second-order valence-electron chi connectivity index (χ2n) is 8.73. The zero-order valence-electron chi connectivity index (χ0n) is 18.8. The average Bonchev–Trinajstić information content (AvgIpc) is 3.26. The van der Waals surface area contributed by atoms with Crippen LogP contribution in [0.1, 0.15) is 42.5 Å². The van der Waals surface area contributed by atoms with Crippen molar-refractivity contribution >= 4 is 39.7 Å².